The van der Waals surface area contributed by atoms with Crippen LogP contribution in [0.4, 0.5) is 0 Å². The minimum absolute atomic E-state index is 0.721. The fraction of sp³-hybridized carbons (Fsp3) is 0. The first-order chi connectivity index (χ1) is 25.8. The monoisotopic (exact) mass is 658 g/mol. The van der Waals surface area contributed by atoms with Crippen LogP contribution in [-0.2, 0) is 0 Å². The van der Waals surface area contributed by atoms with Gasteiger partial charge in [-0.15, -0.1) is 0 Å². The molecule has 1 heterocycles. The van der Waals surface area contributed by atoms with Gasteiger partial charge in [0.05, 0.1) is 11.4 Å². The zero-order valence-corrected chi connectivity index (χ0v) is 28.2. The van der Waals surface area contributed by atoms with E-state index in [1.807, 2.05) is 24.3 Å². The predicted octanol–water partition coefficient (Wildman–Crippen LogP) is 13.5. The van der Waals surface area contributed by atoms with Crippen molar-refractivity contribution in [2.45, 2.75) is 0 Å². The van der Waals surface area contributed by atoms with Crippen LogP contribution in [0.2, 0.25) is 0 Å². The van der Waals surface area contributed by atoms with Gasteiger partial charge < -0.3 is 0 Å². The van der Waals surface area contributed by atoms with Gasteiger partial charge in [0.1, 0.15) is 0 Å². The summed E-state index contributed by atoms with van der Waals surface area (Å²) in [5, 5.41) is 15.5. The Morgan fingerprint density at radius 1 is 0.269 bits per heavy atom. The van der Waals surface area contributed by atoms with E-state index in [1.54, 1.807) is 0 Å². The Balaban J connectivity index is 1.15. The van der Waals surface area contributed by atoms with Crippen molar-refractivity contribution in [1.82, 2.24) is 9.97 Å². The van der Waals surface area contributed by atoms with Gasteiger partial charge in [0, 0.05) is 16.7 Å². The van der Waals surface area contributed by atoms with Gasteiger partial charge >= 0.3 is 0 Å². The molecule has 0 aliphatic heterocycles. The molecule has 0 saturated carbocycles. The van der Waals surface area contributed by atoms with Crippen molar-refractivity contribution in [3.8, 4) is 45.0 Å². The minimum Gasteiger partial charge on any atom is -0.228 e. The third-order valence-corrected chi connectivity index (χ3v) is 10.8. The molecule has 0 spiro atoms. The first-order valence-electron chi connectivity index (χ1n) is 17.8. The number of rotatable bonds is 4. The number of nitrogens with zero attached hydrogens (tertiary/aromatic N) is 2. The summed E-state index contributed by atoms with van der Waals surface area (Å²) in [5.41, 5.74) is 7.34. The predicted molar refractivity (Wildman–Crippen MR) is 220 cm³/mol. The normalized spacial score (nSPS) is 11.8. The maximum Gasteiger partial charge on any atom is 0.160 e. The average molecular weight is 659 g/mol. The molecule has 0 aliphatic carbocycles. The van der Waals surface area contributed by atoms with E-state index < -0.39 is 0 Å². The largest absolute Gasteiger partial charge is 0.228 e. The van der Waals surface area contributed by atoms with Gasteiger partial charge in [0.2, 0.25) is 0 Å². The lowest BCUT2D eigenvalue weighted by Crippen LogP contribution is -1.96. The lowest BCUT2D eigenvalue weighted by atomic mass is 9.85. The molecule has 0 fully saturated rings. The van der Waals surface area contributed by atoms with E-state index in [0.717, 1.165) is 33.9 Å². The molecule has 0 N–H and O–H groups in total. The summed E-state index contributed by atoms with van der Waals surface area (Å²) < 4.78 is 0. The molecule has 0 saturated heterocycles. The molecule has 11 rings (SSSR count). The maximum absolute atomic E-state index is 5.08. The molecule has 2 heteroatoms. The SMILES string of the molecule is c1ccc(-c2cc(-c3ccc(-c4cc5cccc6c7cccc8ccc9cccc(c%10cccc4c%10c56)c9c87)cc3)nc(-c3ccccc3)n2)cc1. The summed E-state index contributed by atoms with van der Waals surface area (Å²) in [4.78, 5) is 10.1. The Labute approximate surface area is 300 Å². The summed E-state index contributed by atoms with van der Waals surface area (Å²) >= 11 is 0. The van der Waals surface area contributed by atoms with Crippen molar-refractivity contribution < 1.29 is 0 Å². The molecule has 52 heavy (non-hydrogen) atoms. The Morgan fingerprint density at radius 3 is 1.31 bits per heavy atom. The van der Waals surface area contributed by atoms with Crippen LogP contribution < -0.4 is 0 Å². The molecular weight excluding hydrogens is 629 g/mol. The molecule has 10 aromatic carbocycles. The second kappa shape index (κ2) is 11.3. The summed E-state index contributed by atoms with van der Waals surface area (Å²) in [6.07, 6.45) is 0. The summed E-state index contributed by atoms with van der Waals surface area (Å²) in [6.45, 7) is 0. The van der Waals surface area contributed by atoms with Crippen LogP contribution in [-0.4, -0.2) is 9.97 Å². The Morgan fingerprint density at radius 2 is 0.712 bits per heavy atom. The van der Waals surface area contributed by atoms with Crippen molar-refractivity contribution in [2.24, 2.45) is 0 Å². The number of fused-ring (bicyclic) bond motifs is 2. The van der Waals surface area contributed by atoms with Crippen molar-refractivity contribution in [3.63, 3.8) is 0 Å². The Kier molecular flexibility index (Phi) is 6.28. The van der Waals surface area contributed by atoms with E-state index >= 15 is 0 Å². The fourth-order valence-electron chi connectivity index (χ4n) is 8.43. The van der Waals surface area contributed by atoms with Gasteiger partial charge in [-0.05, 0) is 87.9 Å². The smallest absolute Gasteiger partial charge is 0.160 e. The van der Waals surface area contributed by atoms with E-state index in [-0.39, 0.29) is 0 Å². The molecule has 0 atom stereocenters. The molecule has 0 aliphatic rings. The summed E-state index contributed by atoms with van der Waals surface area (Å²) in [6, 6.07) is 65.7. The zero-order chi connectivity index (χ0) is 34.2. The van der Waals surface area contributed by atoms with Crippen LogP contribution in [0.1, 0.15) is 0 Å². The van der Waals surface area contributed by atoms with Crippen LogP contribution in [0.3, 0.4) is 0 Å². The third kappa shape index (κ3) is 4.38. The van der Waals surface area contributed by atoms with E-state index in [2.05, 4.69) is 158 Å². The highest BCUT2D eigenvalue weighted by Crippen LogP contribution is 2.45. The molecular formula is C50H30N2. The number of hydrogen-bond acceptors (Lipinski definition) is 2. The van der Waals surface area contributed by atoms with Gasteiger partial charge in [-0.2, -0.15) is 0 Å². The Hall–Kier alpha value is -6.90. The third-order valence-electron chi connectivity index (χ3n) is 10.8. The molecule has 0 radical (unpaired) electrons. The molecule has 11 aromatic rings. The van der Waals surface area contributed by atoms with Crippen molar-refractivity contribution in [3.05, 3.63) is 182 Å². The van der Waals surface area contributed by atoms with Crippen LogP contribution in [0, 0.1) is 0 Å². The number of hydrogen-bond donors (Lipinski definition) is 0. The van der Waals surface area contributed by atoms with Gasteiger partial charge in [0.15, 0.2) is 5.82 Å². The number of aromatic nitrogens is 2. The van der Waals surface area contributed by atoms with E-state index in [1.165, 1.54) is 75.8 Å². The minimum atomic E-state index is 0.721. The molecule has 0 amide bonds. The van der Waals surface area contributed by atoms with Gasteiger partial charge in [0.25, 0.3) is 0 Å². The molecule has 240 valence electrons. The molecule has 0 bridgehead atoms. The highest BCUT2D eigenvalue weighted by atomic mass is 14.9. The quantitative estimate of drug-likeness (QED) is 0.176. The van der Waals surface area contributed by atoms with Gasteiger partial charge in [-0.25, -0.2) is 9.97 Å². The van der Waals surface area contributed by atoms with E-state index in [9.17, 15) is 0 Å². The fourth-order valence-corrected chi connectivity index (χ4v) is 8.43. The standard InChI is InChI=1S/C50H30N2/c1-3-11-32(12-4-1)44-30-45(52-50(51-44)36-13-5-2-6-14-36)33-25-23-31(24-26-33)43-29-37-17-9-20-39-38-18-7-15-34-27-28-35-16-8-19-40(47(35)46(34)38)41-21-10-22-42(43)49(41)48(37)39/h1-30H. The Bertz CT molecular complexity index is 3090. The van der Waals surface area contributed by atoms with Gasteiger partial charge in [-0.1, -0.05) is 170 Å². The van der Waals surface area contributed by atoms with Crippen molar-refractivity contribution in [1.29, 1.82) is 0 Å². The van der Waals surface area contributed by atoms with Crippen LogP contribution in [0.25, 0.3) is 110 Å². The first kappa shape index (κ1) is 28.9. The number of benzene rings is 9. The van der Waals surface area contributed by atoms with E-state index in [4.69, 9.17) is 9.97 Å². The summed E-state index contributed by atoms with van der Waals surface area (Å²) in [5.74, 6) is 0.721. The van der Waals surface area contributed by atoms with E-state index in [0.29, 0.717) is 0 Å². The topological polar surface area (TPSA) is 25.8 Å². The maximum atomic E-state index is 5.08. The second-order valence-corrected chi connectivity index (χ2v) is 13.7. The second-order valence-electron chi connectivity index (χ2n) is 13.7. The lowest BCUT2D eigenvalue weighted by molar-refractivity contribution is 1.18. The molecule has 0 unspecified atom stereocenters. The lowest BCUT2D eigenvalue weighted by Gasteiger charge is -2.18. The highest BCUT2D eigenvalue weighted by Gasteiger charge is 2.18. The summed E-state index contributed by atoms with van der Waals surface area (Å²) in [7, 11) is 0. The van der Waals surface area contributed by atoms with Gasteiger partial charge in [-0.3, -0.25) is 0 Å². The highest BCUT2D eigenvalue weighted by molar-refractivity contribution is 6.37. The van der Waals surface area contributed by atoms with Crippen molar-refractivity contribution in [2.75, 3.05) is 0 Å². The van der Waals surface area contributed by atoms with Crippen LogP contribution >= 0.6 is 0 Å². The van der Waals surface area contributed by atoms with Crippen LogP contribution in [0.15, 0.2) is 182 Å². The zero-order valence-electron chi connectivity index (χ0n) is 28.2. The average Bonchev–Trinajstić information content (AvgIpc) is 3.22. The van der Waals surface area contributed by atoms with Crippen molar-refractivity contribution >= 4 is 64.6 Å². The first-order valence-corrected chi connectivity index (χ1v) is 17.8. The molecule has 2 nitrogen and oxygen atoms in total. The van der Waals surface area contributed by atoms with Crippen LogP contribution in [0.5, 0.6) is 0 Å². The molecule has 1 aromatic heterocycles.